The Balaban J connectivity index is 1.68. The third-order valence-corrected chi connectivity index (χ3v) is 9.41. The number of halogens is 1. The van der Waals surface area contributed by atoms with Crippen molar-refractivity contribution in [3.63, 3.8) is 0 Å². The maximum absolute atomic E-state index is 15.1. The SMILES string of the molecule is COc1ccc(CN(C(=O)CN(c2ccccc2F)S(=O)(=O)c2ccc(C)cc2)C(C)C(=O)NC2CCCCC2)cc1. The van der Waals surface area contributed by atoms with E-state index in [1.54, 1.807) is 50.4 Å². The number of carbonyl (C=O) groups is 2. The molecule has 1 fully saturated rings. The number of anilines is 1. The van der Waals surface area contributed by atoms with Crippen molar-refractivity contribution in [3.05, 3.63) is 89.7 Å². The van der Waals surface area contributed by atoms with Crippen molar-refractivity contribution in [2.45, 2.75) is 69.5 Å². The molecule has 2 amide bonds. The number of hydrogen-bond acceptors (Lipinski definition) is 5. The van der Waals surface area contributed by atoms with Crippen LogP contribution in [0.2, 0.25) is 0 Å². The third-order valence-electron chi connectivity index (χ3n) is 7.64. The van der Waals surface area contributed by atoms with Gasteiger partial charge in [0.25, 0.3) is 10.0 Å². The molecule has 0 heterocycles. The summed E-state index contributed by atoms with van der Waals surface area (Å²) >= 11 is 0. The van der Waals surface area contributed by atoms with E-state index in [-0.39, 0.29) is 29.1 Å². The van der Waals surface area contributed by atoms with Crippen LogP contribution in [0.5, 0.6) is 5.75 Å². The fourth-order valence-corrected chi connectivity index (χ4v) is 6.51. The number of para-hydroxylation sites is 1. The second-order valence-corrected chi connectivity index (χ2v) is 12.5. The summed E-state index contributed by atoms with van der Waals surface area (Å²) in [5.74, 6) is -1.11. The fraction of sp³-hybridized carbons (Fsp3) is 0.375. The predicted molar refractivity (Wildman–Crippen MR) is 160 cm³/mol. The summed E-state index contributed by atoms with van der Waals surface area (Å²) in [4.78, 5) is 28.7. The lowest BCUT2D eigenvalue weighted by Gasteiger charge is -2.33. The van der Waals surface area contributed by atoms with Crippen LogP contribution in [0.3, 0.4) is 0 Å². The summed E-state index contributed by atoms with van der Waals surface area (Å²) in [7, 11) is -2.79. The third kappa shape index (κ3) is 7.47. The fourth-order valence-electron chi connectivity index (χ4n) is 5.08. The molecule has 0 aromatic heterocycles. The van der Waals surface area contributed by atoms with Gasteiger partial charge in [0.05, 0.1) is 17.7 Å². The van der Waals surface area contributed by atoms with E-state index in [0.717, 1.165) is 53.6 Å². The maximum Gasteiger partial charge on any atom is 0.264 e. The number of amides is 2. The van der Waals surface area contributed by atoms with Crippen molar-refractivity contribution >= 4 is 27.5 Å². The highest BCUT2D eigenvalue weighted by Crippen LogP contribution is 2.27. The number of carbonyl (C=O) groups excluding carboxylic acids is 2. The van der Waals surface area contributed by atoms with Gasteiger partial charge >= 0.3 is 0 Å². The number of aryl methyl sites for hydroxylation is 1. The number of hydrogen-bond donors (Lipinski definition) is 1. The summed E-state index contributed by atoms with van der Waals surface area (Å²) in [6.07, 6.45) is 4.94. The number of nitrogens with zero attached hydrogens (tertiary/aromatic N) is 2. The van der Waals surface area contributed by atoms with E-state index >= 15 is 4.39 Å². The van der Waals surface area contributed by atoms with E-state index in [0.29, 0.717) is 5.75 Å². The van der Waals surface area contributed by atoms with Crippen molar-refractivity contribution in [3.8, 4) is 5.75 Å². The number of methoxy groups -OCH3 is 1. The highest BCUT2D eigenvalue weighted by molar-refractivity contribution is 7.92. The lowest BCUT2D eigenvalue weighted by Crippen LogP contribution is -2.53. The Bertz CT molecular complexity index is 1470. The van der Waals surface area contributed by atoms with Crippen molar-refractivity contribution in [2.75, 3.05) is 18.0 Å². The first-order valence-electron chi connectivity index (χ1n) is 14.2. The summed E-state index contributed by atoms with van der Waals surface area (Å²) in [6.45, 7) is 2.79. The second kappa shape index (κ2) is 13.8. The average molecular weight is 596 g/mol. The minimum Gasteiger partial charge on any atom is -0.497 e. The Labute approximate surface area is 247 Å². The van der Waals surface area contributed by atoms with Crippen LogP contribution in [0.25, 0.3) is 0 Å². The van der Waals surface area contributed by atoms with E-state index in [2.05, 4.69) is 5.32 Å². The van der Waals surface area contributed by atoms with Gasteiger partial charge in [-0.05, 0) is 68.7 Å². The summed E-state index contributed by atoms with van der Waals surface area (Å²) in [6, 6.07) is 17.7. The van der Waals surface area contributed by atoms with Gasteiger partial charge in [-0.25, -0.2) is 12.8 Å². The second-order valence-electron chi connectivity index (χ2n) is 10.7. The molecule has 0 saturated heterocycles. The first-order valence-corrected chi connectivity index (χ1v) is 15.6. The normalized spacial score (nSPS) is 14.6. The zero-order valence-electron chi connectivity index (χ0n) is 24.3. The van der Waals surface area contributed by atoms with Crippen LogP contribution in [0.15, 0.2) is 77.7 Å². The molecule has 42 heavy (non-hydrogen) atoms. The molecule has 1 unspecified atom stereocenters. The van der Waals surface area contributed by atoms with Gasteiger partial charge in [-0.15, -0.1) is 0 Å². The van der Waals surface area contributed by atoms with Crippen LogP contribution in [-0.2, 0) is 26.2 Å². The van der Waals surface area contributed by atoms with E-state index in [1.165, 1.54) is 35.2 Å². The number of rotatable bonds is 11. The number of benzene rings is 3. The molecule has 1 aliphatic rings. The van der Waals surface area contributed by atoms with Crippen LogP contribution in [0.1, 0.15) is 50.2 Å². The average Bonchev–Trinajstić information content (AvgIpc) is 2.99. The molecule has 1 N–H and O–H groups in total. The van der Waals surface area contributed by atoms with E-state index < -0.39 is 34.3 Å². The molecular weight excluding hydrogens is 557 g/mol. The maximum atomic E-state index is 15.1. The van der Waals surface area contributed by atoms with Crippen molar-refractivity contribution in [2.24, 2.45) is 0 Å². The van der Waals surface area contributed by atoms with Crippen molar-refractivity contribution in [1.29, 1.82) is 0 Å². The summed E-state index contributed by atoms with van der Waals surface area (Å²) < 4.78 is 48.8. The Morgan fingerprint density at radius 2 is 1.62 bits per heavy atom. The van der Waals surface area contributed by atoms with Crippen LogP contribution in [0.4, 0.5) is 10.1 Å². The van der Waals surface area contributed by atoms with E-state index in [4.69, 9.17) is 4.74 Å². The molecule has 1 saturated carbocycles. The van der Waals surface area contributed by atoms with Gasteiger partial charge in [0.1, 0.15) is 24.2 Å². The Hall–Kier alpha value is -3.92. The van der Waals surface area contributed by atoms with Crippen LogP contribution in [-0.4, -0.2) is 50.9 Å². The topological polar surface area (TPSA) is 96.0 Å². The van der Waals surface area contributed by atoms with E-state index in [1.807, 2.05) is 6.92 Å². The van der Waals surface area contributed by atoms with Crippen molar-refractivity contribution in [1.82, 2.24) is 10.2 Å². The molecule has 3 aromatic rings. The first kappa shape index (κ1) is 31.0. The lowest BCUT2D eigenvalue weighted by atomic mass is 9.95. The van der Waals surface area contributed by atoms with Gasteiger partial charge in [-0.1, -0.05) is 61.2 Å². The summed E-state index contributed by atoms with van der Waals surface area (Å²) in [5, 5.41) is 3.07. The molecular formula is C32H38FN3O5S. The molecule has 0 spiro atoms. The van der Waals surface area contributed by atoms with E-state index in [9.17, 15) is 18.0 Å². The number of sulfonamides is 1. The van der Waals surface area contributed by atoms with Gasteiger partial charge in [-0.3, -0.25) is 13.9 Å². The Morgan fingerprint density at radius 3 is 2.24 bits per heavy atom. The van der Waals surface area contributed by atoms with Crippen LogP contribution in [0, 0.1) is 12.7 Å². The highest BCUT2D eigenvalue weighted by atomic mass is 32.2. The predicted octanol–water partition coefficient (Wildman–Crippen LogP) is 5.20. The minimum atomic E-state index is -4.34. The molecule has 0 aliphatic heterocycles. The van der Waals surface area contributed by atoms with Crippen molar-refractivity contribution < 1.29 is 27.1 Å². The van der Waals surface area contributed by atoms with Crippen LogP contribution >= 0.6 is 0 Å². The molecule has 0 bridgehead atoms. The molecule has 4 rings (SSSR count). The Kier molecular flexibility index (Phi) is 10.2. The van der Waals surface area contributed by atoms with Gasteiger partial charge in [0, 0.05) is 12.6 Å². The molecule has 1 atom stereocenters. The molecule has 10 heteroatoms. The molecule has 1 aliphatic carbocycles. The standard InChI is InChI=1S/C32H38FN3O5S/c1-23-13-19-28(20-14-23)42(39,40)36(30-12-8-7-11-29(30)33)22-31(37)35(21-25-15-17-27(41-3)18-16-25)24(2)32(38)34-26-9-5-4-6-10-26/h7-8,11-20,24,26H,4-6,9-10,21-22H2,1-3H3,(H,34,38). The first-order chi connectivity index (χ1) is 20.1. The quantitative estimate of drug-likeness (QED) is 0.329. The smallest absolute Gasteiger partial charge is 0.264 e. The monoisotopic (exact) mass is 595 g/mol. The zero-order chi connectivity index (χ0) is 30.3. The van der Waals surface area contributed by atoms with Gasteiger partial charge in [0.15, 0.2) is 0 Å². The Morgan fingerprint density at radius 1 is 0.976 bits per heavy atom. The number of ether oxygens (including phenoxy) is 1. The molecule has 8 nitrogen and oxygen atoms in total. The molecule has 3 aromatic carbocycles. The van der Waals surface area contributed by atoms with Gasteiger partial charge in [-0.2, -0.15) is 0 Å². The number of nitrogens with one attached hydrogen (secondary N) is 1. The highest BCUT2D eigenvalue weighted by Gasteiger charge is 2.34. The minimum absolute atomic E-state index is 0.0310. The molecule has 224 valence electrons. The lowest BCUT2D eigenvalue weighted by molar-refractivity contribution is -0.139. The van der Waals surface area contributed by atoms with Gasteiger partial charge in [0.2, 0.25) is 11.8 Å². The van der Waals surface area contributed by atoms with Crippen LogP contribution < -0.4 is 14.4 Å². The zero-order valence-corrected chi connectivity index (χ0v) is 25.1. The van der Waals surface area contributed by atoms with Gasteiger partial charge < -0.3 is 15.0 Å². The molecule has 0 radical (unpaired) electrons. The largest absolute Gasteiger partial charge is 0.497 e. The summed E-state index contributed by atoms with van der Waals surface area (Å²) in [5.41, 5.74) is 1.32.